The average molecular weight is 285 g/mol. The molecule has 0 saturated heterocycles. The Morgan fingerprint density at radius 3 is 2.33 bits per heavy atom. The SMILES string of the molecule is O=S(=O)(Cl)Cc1ccc(F)c(-c2ccccc2)c1. The second-order valence-corrected chi connectivity index (χ2v) is 6.64. The highest BCUT2D eigenvalue weighted by Gasteiger charge is 2.11. The summed E-state index contributed by atoms with van der Waals surface area (Å²) < 4.78 is 35.7. The van der Waals surface area contributed by atoms with Crippen LogP contribution in [0.3, 0.4) is 0 Å². The van der Waals surface area contributed by atoms with Gasteiger partial charge in [0.1, 0.15) is 5.82 Å². The maximum Gasteiger partial charge on any atom is 0.236 e. The lowest BCUT2D eigenvalue weighted by molar-refractivity contribution is 0.608. The summed E-state index contributed by atoms with van der Waals surface area (Å²) in [5.74, 6) is -0.703. The molecule has 0 aliphatic rings. The minimum atomic E-state index is -3.64. The van der Waals surface area contributed by atoms with Gasteiger partial charge < -0.3 is 0 Å². The first kappa shape index (κ1) is 13.1. The summed E-state index contributed by atoms with van der Waals surface area (Å²) in [5.41, 5.74) is 1.53. The molecule has 0 aliphatic heterocycles. The maximum absolute atomic E-state index is 13.7. The lowest BCUT2D eigenvalue weighted by Crippen LogP contribution is -1.96. The molecule has 0 bridgehead atoms. The van der Waals surface area contributed by atoms with E-state index in [1.54, 1.807) is 24.3 Å². The molecule has 5 heteroatoms. The molecule has 2 rings (SSSR count). The van der Waals surface area contributed by atoms with Crippen molar-refractivity contribution in [2.24, 2.45) is 0 Å². The summed E-state index contributed by atoms with van der Waals surface area (Å²) in [7, 11) is 1.55. The van der Waals surface area contributed by atoms with E-state index < -0.39 is 14.9 Å². The molecule has 0 amide bonds. The lowest BCUT2D eigenvalue weighted by Gasteiger charge is -2.06. The van der Waals surface area contributed by atoms with Crippen LogP contribution in [0.25, 0.3) is 11.1 Å². The first-order chi connectivity index (χ1) is 8.46. The zero-order valence-electron chi connectivity index (χ0n) is 9.31. The predicted octanol–water partition coefficient (Wildman–Crippen LogP) is 3.56. The third-order valence-electron chi connectivity index (χ3n) is 2.45. The van der Waals surface area contributed by atoms with Crippen molar-refractivity contribution in [3.8, 4) is 11.1 Å². The van der Waals surface area contributed by atoms with Gasteiger partial charge in [-0.15, -0.1) is 0 Å². The van der Waals surface area contributed by atoms with Crippen molar-refractivity contribution in [1.82, 2.24) is 0 Å². The van der Waals surface area contributed by atoms with Crippen LogP contribution in [0, 0.1) is 5.82 Å². The fraction of sp³-hybridized carbons (Fsp3) is 0.0769. The van der Waals surface area contributed by atoms with Crippen molar-refractivity contribution in [3.05, 3.63) is 59.9 Å². The van der Waals surface area contributed by atoms with Crippen molar-refractivity contribution >= 4 is 19.7 Å². The summed E-state index contributed by atoms with van der Waals surface area (Å²) in [5, 5.41) is 0. The standard InChI is InChI=1S/C13H10ClFO2S/c14-18(16,17)9-10-6-7-13(15)12(8-10)11-4-2-1-3-5-11/h1-8H,9H2. The van der Waals surface area contributed by atoms with Gasteiger partial charge in [0, 0.05) is 16.2 Å². The Morgan fingerprint density at radius 2 is 1.72 bits per heavy atom. The zero-order valence-corrected chi connectivity index (χ0v) is 10.9. The first-order valence-corrected chi connectivity index (χ1v) is 7.70. The number of hydrogen-bond acceptors (Lipinski definition) is 2. The first-order valence-electron chi connectivity index (χ1n) is 5.22. The van der Waals surface area contributed by atoms with Crippen LogP contribution in [-0.4, -0.2) is 8.42 Å². The Balaban J connectivity index is 2.46. The molecule has 18 heavy (non-hydrogen) atoms. The monoisotopic (exact) mass is 284 g/mol. The molecular formula is C13H10ClFO2S. The van der Waals surface area contributed by atoms with Gasteiger partial charge in [-0.05, 0) is 23.3 Å². The van der Waals surface area contributed by atoms with Crippen LogP contribution in [0.1, 0.15) is 5.56 Å². The van der Waals surface area contributed by atoms with Gasteiger partial charge in [0.05, 0.1) is 5.75 Å². The molecule has 94 valence electrons. The molecule has 2 aromatic carbocycles. The third kappa shape index (κ3) is 3.31. The number of halogens is 2. The van der Waals surface area contributed by atoms with Gasteiger partial charge in [0.15, 0.2) is 0 Å². The highest BCUT2D eigenvalue weighted by Crippen LogP contribution is 2.24. The summed E-state index contributed by atoms with van der Waals surface area (Å²) in [6, 6.07) is 13.1. The highest BCUT2D eigenvalue weighted by atomic mass is 35.7. The van der Waals surface area contributed by atoms with Gasteiger partial charge in [0.2, 0.25) is 9.05 Å². The van der Waals surface area contributed by atoms with E-state index in [9.17, 15) is 12.8 Å². The predicted molar refractivity (Wildman–Crippen MR) is 70.3 cm³/mol. The van der Waals surface area contributed by atoms with E-state index in [0.29, 0.717) is 16.7 Å². The van der Waals surface area contributed by atoms with E-state index in [1.807, 2.05) is 6.07 Å². The van der Waals surface area contributed by atoms with Gasteiger partial charge in [-0.25, -0.2) is 12.8 Å². The molecule has 0 aromatic heterocycles. The number of rotatable bonds is 3. The summed E-state index contributed by atoms with van der Waals surface area (Å²) in [6.07, 6.45) is 0. The van der Waals surface area contributed by atoms with Crippen LogP contribution < -0.4 is 0 Å². The largest absolute Gasteiger partial charge is 0.236 e. The van der Waals surface area contributed by atoms with Crippen molar-refractivity contribution in [2.45, 2.75) is 5.75 Å². The Morgan fingerprint density at radius 1 is 1.06 bits per heavy atom. The minimum Gasteiger partial charge on any atom is -0.212 e. The fourth-order valence-corrected chi connectivity index (χ4v) is 2.66. The summed E-state index contributed by atoms with van der Waals surface area (Å²) in [4.78, 5) is 0. The third-order valence-corrected chi connectivity index (χ3v) is 3.46. The van der Waals surface area contributed by atoms with E-state index in [2.05, 4.69) is 0 Å². The molecule has 0 fully saturated rings. The molecule has 0 saturated carbocycles. The Labute approximate surface area is 109 Å². The van der Waals surface area contributed by atoms with E-state index in [0.717, 1.165) is 0 Å². The molecular weight excluding hydrogens is 275 g/mol. The quantitative estimate of drug-likeness (QED) is 0.808. The molecule has 0 radical (unpaired) electrons. The molecule has 0 unspecified atom stereocenters. The van der Waals surface area contributed by atoms with Crippen molar-refractivity contribution in [1.29, 1.82) is 0 Å². The van der Waals surface area contributed by atoms with Crippen molar-refractivity contribution in [3.63, 3.8) is 0 Å². The zero-order chi connectivity index (χ0) is 13.2. The molecule has 0 spiro atoms. The molecule has 0 N–H and O–H groups in total. The van der Waals surface area contributed by atoms with Gasteiger partial charge in [0.25, 0.3) is 0 Å². The normalized spacial score (nSPS) is 11.4. The minimum absolute atomic E-state index is 0.311. The Hall–Kier alpha value is -1.39. The molecule has 0 atom stereocenters. The Kier molecular flexibility index (Phi) is 3.68. The molecule has 0 aliphatic carbocycles. The van der Waals surface area contributed by atoms with Gasteiger partial charge >= 0.3 is 0 Å². The fourth-order valence-electron chi connectivity index (χ4n) is 1.70. The second kappa shape index (κ2) is 5.08. The Bertz CT molecular complexity index is 654. The molecule has 2 nitrogen and oxygen atoms in total. The second-order valence-electron chi connectivity index (χ2n) is 3.86. The van der Waals surface area contributed by atoms with Crippen LogP contribution in [-0.2, 0) is 14.8 Å². The van der Waals surface area contributed by atoms with Crippen LogP contribution in [0.5, 0.6) is 0 Å². The van der Waals surface area contributed by atoms with E-state index in [4.69, 9.17) is 10.7 Å². The van der Waals surface area contributed by atoms with Crippen molar-refractivity contribution in [2.75, 3.05) is 0 Å². The number of hydrogen-bond donors (Lipinski definition) is 0. The lowest BCUT2D eigenvalue weighted by atomic mass is 10.0. The van der Waals surface area contributed by atoms with E-state index in [-0.39, 0.29) is 5.75 Å². The number of benzene rings is 2. The molecule has 0 heterocycles. The average Bonchev–Trinajstić information content (AvgIpc) is 2.31. The highest BCUT2D eigenvalue weighted by molar-refractivity contribution is 8.13. The maximum atomic E-state index is 13.7. The van der Waals surface area contributed by atoms with Crippen LogP contribution >= 0.6 is 10.7 Å². The van der Waals surface area contributed by atoms with Gasteiger partial charge in [-0.1, -0.05) is 36.4 Å². The van der Waals surface area contributed by atoms with Crippen LogP contribution in [0.4, 0.5) is 4.39 Å². The summed E-state index contributed by atoms with van der Waals surface area (Å²) in [6.45, 7) is 0. The summed E-state index contributed by atoms with van der Waals surface area (Å²) >= 11 is 0. The smallest absolute Gasteiger partial charge is 0.212 e. The van der Waals surface area contributed by atoms with Gasteiger partial charge in [-0.2, -0.15) is 0 Å². The van der Waals surface area contributed by atoms with Gasteiger partial charge in [-0.3, -0.25) is 0 Å². The van der Waals surface area contributed by atoms with E-state index >= 15 is 0 Å². The van der Waals surface area contributed by atoms with E-state index in [1.165, 1.54) is 18.2 Å². The van der Waals surface area contributed by atoms with Crippen LogP contribution in [0.15, 0.2) is 48.5 Å². The van der Waals surface area contributed by atoms with Crippen LogP contribution in [0.2, 0.25) is 0 Å². The molecule has 2 aromatic rings. The topological polar surface area (TPSA) is 34.1 Å². The van der Waals surface area contributed by atoms with Crippen molar-refractivity contribution < 1.29 is 12.8 Å².